The maximum Gasteiger partial charge on any atom is 0.671 e. The lowest BCUT2D eigenvalue weighted by molar-refractivity contribution is 0.0618. The van der Waals surface area contributed by atoms with E-state index in [4.69, 9.17) is 49.2 Å². The molecule has 24 heavy (non-hydrogen) atoms. The number of hydrogen-bond donors (Lipinski definition) is 3. The average Bonchev–Trinajstić information content (AvgIpc) is 2.49. The van der Waals surface area contributed by atoms with Crippen molar-refractivity contribution >= 4 is 43.9 Å². The minimum absolute atomic E-state index is 0.202. The van der Waals surface area contributed by atoms with Gasteiger partial charge in [0, 0.05) is 24.2 Å². The maximum atomic E-state index is 8.70. The molecule has 0 unspecified atom stereocenters. The van der Waals surface area contributed by atoms with Crippen molar-refractivity contribution in [3.05, 3.63) is 0 Å². The third-order valence-electron chi connectivity index (χ3n) is 4.52. The van der Waals surface area contributed by atoms with Gasteiger partial charge in [0.05, 0.1) is 0 Å². The molecule has 8 heteroatoms. The predicted molar refractivity (Wildman–Crippen MR) is 104 cm³/mol. The van der Waals surface area contributed by atoms with Crippen LogP contribution < -0.4 is 0 Å². The second kappa shape index (κ2) is 15.0. The van der Waals surface area contributed by atoms with Gasteiger partial charge in [-0.25, -0.2) is 0 Å². The Morgan fingerprint density at radius 3 is 1.46 bits per heavy atom. The summed E-state index contributed by atoms with van der Waals surface area (Å²) in [6.07, 6.45) is 11.6. The predicted octanol–water partition coefficient (Wildman–Crippen LogP) is 4.41. The van der Waals surface area contributed by atoms with Gasteiger partial charge in [-0.3, -0.25) is 0 Å². The van der Waals surface area contributed by atoms with Gasteiger partial charge in [-0.05, 0) is 37.5 Å². The van der Waals surface area contributed by atoms with Crippen LogP contribution in [0.2, 0.25) is 0 Å². The van der Waals surface area contributed by atoms with Crippen LogP contribution in [0.5, 0.6) is 0 Å². The Kier molecular flexibility index (Phi) is 15.6. The smallest absolute Gasteiger partial charge is 0.368 e. The van der Waals surface area contributed by atoms with Crippen LogP contribution in [0.1, 0.15) is 70.6 Å². The molecule has 4 nitrogen and oxygen atoms in total. The molecule has 3 N–H and O–H groups in total. The summed E-state index contributed by atoms with van der Waals surface area (Å²) in [6, 6.07) is 0. The molecule has 0 fully saturated rings. The Labute approximate surface area is 162 Å². The van der Waals surface area contributed by atoms with E-state index in [-0.39, 0.29) is 12.0 Å². The van der Waals surface area contributed by atoms with Crippen LogP contribution in [0.25, 0.3) is 0 Å². The summed E-state index contributed by atoms with van der Waals surface area (Å²) >= 11 is 17.9. The number of unbranched alkanes of at least 4 members (excludes halogenated alkanes) is 6. The van der Waals surface area contributed by atoms with E-state index < -0.39 is 9.05 Å². The Balaban J connectivity index is 3.71. The average molecular weight is 424 g/mol. The number of hydrogen-bond acceptors (Lipinski definition) is 4. The highest BCUT2D eigenvalue weighted by molar-refractivity contribution is 6.48. The molecule has 0 aliphatic carbocycles. The van der Waals surface area contributed by atoms with E-state index in [1.165, 1.54) is 19.3 Å². The SMILES string of the molecule is O[Si](O)(O)OCCCCCCCCCC(CCCl)(CCCl)CCCl. The first-order chi connectivity index (χ1) is 11.4. The first kappa shape index (κ1) is 24.9. The molecule has 0 heterocycles. The van der Waals surface area contributed by atoms with Crippen molar-refractivity contribution < 1.29 is 18.8 Å². The second-order valence-corrected chi connectivity index (χ2v) is 9.03. The molecule has 0 aromatic rings. The van der Waals surface area contributed by atoms with E-state index in [0.29, 0.717) is 17.6 Å². The van der Waals surface area contributed by atoms with Gasteiger partial charge in [0.1, 0.15) is 0 Å². The van der Waals surface area contributed by atoms with Gasteiger partial charge in [-0.1, -0.05) is 38.5 Å². The topological polar surface area (TPSA) is 69.9 Å². The van der Waals surface area contributed by atoms with E-state index in [1.54, 1.807) is 0 Å². The quantitative estimate of drug-likeness (QED) is 0.184. The summed E-state index contributed by atoms with van der Waals surface area (Å²) in [7, 11) is -4.31. The first-order valence-corrected chi connectivity index (χ1v) is 12.2. The third-order valence-corrected chi connectivity index (χ3v) is 5.68. The number of halogens is 3. The fourth-order valence-corrected chi connectivity index (χ4v) is 4.67. The van der Waals surface area contributed by atoms with Crippen molar-refractivity contribution in [2.75, 3.05) is 24.2 Å². The van der Waals surface area contributed by atoms with Gasteiger partial charge in [-0.15, -0.1) is 34.8 Å². The standard InChI is InChI=1S/C16H33Cl3O4Si/c17-12-9-16(10-13-18,11-14-19)8-6-4-2-1-3-5-7-15-23-24(20,21)22/h20-22H,1-15H2. The van der Waals surface area contributed by atoms with Gasteiger partial charge in [0.2, 0.25) is 0 Å². The van der Waals surface area contributed by atoms with E-state index in [0.717, 1.165) is 51.4 Å². The molecule has 0 bridgehead atoms. The maximum absolute atomic E-state index is 8.70. The lowest BCUT2D eigenvalue weighted by Crippen LogP contribution is -2.39. The van der Waals surface area contributed by atoms with Gasteiger partial charge in [-0.2, -0.15) is 0 Å². The van der Waals surface area contributed by atoms with E-state index >= 15 is 0 Å². The fraction of sp³-hybridized carbons (Fsp3) is 1.00. The van der Waals surface area contributed by atoms with E-state index in [1.807, 2.05) is 0 Å². The highest BCUT2D eigenvalue weighted by Crippen LogP contribution is 2.38. The Morgan fingerprint density at radius 1 is 0.625 bits per heavy atom. The van der Waals surface area contributed by atoms with Gasteiger partial charge in [0.25, 0.3) is 0 Å². The molecular weight excluding hydrogens is 391 g/mol. The molecule has 0 atom stereocenters. The lowest BCUT2D eigenvalue weighted by atomic mass is 9.75. The Bertz CT molecular complexity index is 274. The fourth-order valence-electron chi connectivity index (χ4n) is 3.05. The van der Waals surface area contributed by atoms with Crippen LogP contribution in [-0.2, 0) is 4.43 Å². The van der Waals surface area contributed by atoms with E-state index in [2.05, 4.69) is 4.43 Å². The molecule has 0 rings (SSSR count). The molecule has 0 spiro atoms. The molecule has 0 radical (unpaired) electrons. The zero-order valence-corrected chi connectivity index (χ0v) is 17.8. The molecule has 0 saturated heterocycles. The molecule has 0 aromatic heterocycles. The van der Waals surface area contributed by atoms with Crippen molar-refractivity contribution in [3.63, 3.8) is 0 Å². The Hall–Kier alpha value is 0.927. The van der Waals surface area contributed by atoms with Gasteiger partial charge < -0.3 is 18.8 Å². The molecular formula is C16H33Cl3O4Si. The zero-order valence-electron chi connectivity index (χ0n) is 14.5. The minimum Gasteiger partial charge on any atom is -0.368 e. The zero-order chi connectivity index (χ0) is 18.3. The second-order valence-electron chi connectivity index (χ2n) is 6.46. The summed E-state index contributed by atoms with van der Waals surface area (Å²) in [4.78, 5) is 26.1. The molecule has 0 aliphatic heterocycles. The summed E-state index contributed by atoms with van der Waals surface area (Å²) in [5, 5.41) is 0. The molecule has 0 aromatic carbocycles. The van der Waals surface area contributed by atoms with Crippen LogP contribution >= 0.6 is 34.8 Å². The summed E-state index contributed by atoms with van der Waals surface area (Å²) < 4.78 is 4.55. The lowest BCUT2D eigenvalue weighted by Gasteiger charge is -2.32. The molecule has 0 amide bonds. The monoisotopic (exact) mass is 422 g/mol. The normalized spacial score (nSPS) is 12.8. The highest BCUT2D eigenvalue weighted by atomic mass is 35.5. The summed E-state index contributed by atoms with van der Waals surface area (Å²) in [5.41, 5.74) is 0.206. The molecule has 0 aliphatic rings. The van der Waals surface area contributed by atoms with Crippen molar-refractivity contribution in [1.82, 2.24) is 0 Å². The van der Waals surface area contributed by atoms with Gasteiger partial charge >= 0.3 is 9.05 Å². The highest BCUT2D eigenvalue weighted by Gasteiger charge is 2.30. The van der Waals surface area contributed by atoms with Gasteiger partial charge in [0.15, 0.2) is 0 Å². The van der Waals surface area contributed by atoms with Crippen molar-refractivity contribution in [2.24, 2.45) is 5.41 Å². The first-order valence-electron chi connectivity index (χ1n) is 8.88. The third kappa shape index (κ3) is 14.1. The van der Waals surface area contributed by atoms with Crippen LogP contribution in [0, 0.1) is 5.41 Å². The van der Waals surface area contributed by atoms with Crippen molar-refractivity contribution in [3.8, 4) is 0 Å². The van der Waals surface area contributed by atoms with Crippen molar-refractivity contribution in [2.45, 2.75) is 70.6 Å². The van der Waals surface area contributed by atoms with Crippen LogP contribution in [0.3, 0.4) is 0 Å². The largest absolute Gasteiger partial charge is 0.671 e. The Morgan fingerprint density at radius 2 is 1.04 bits per heavy atom. The summed E-state index contributed by atoms with van der Waals surface area (Å²) in [5.74, 6) is 1.99. The molecule has 146 valence electrons. The van der Waals surface area contributed by atoms with Crippen LogP contribution in [-0.4, -0.2) is 47.7 Å². The van der Waals surface area contributed by atoms with Crippen LogP contribution in [0.4, 0.5) is 0 Å². The minimum atomic E-state index is -4.31. The number of alkyl halides is 3. The number of rotatable bonds is 17. The summed E-state index contributed by atoms with van der Waals surface area (Å²) in [6.45, 7) is 0.202. The van der Waals surface area contributed by atoms with E-state index in [9.17, 15) is 0 Å². The van der Waals surface area contributed by atoms with Crippen LogP contribution in [0.15, 0.2) is 0 Å². The molecule has 0 saturated carbocycles. The van der Waals surface area contributed by atoms with Crippen molar-refractivity contribution in [1.29, 1.82) is 0 Å².